The summed E-state index contributed by atoms with van der Waals surface area (Å²) in [6.07, 6.45) is 37.5. The van der Waals surface area contributed by atoms with Gasteiger partial charge in [0, 0.05) is 95.7 Å². The Balaban J connectivity index is -0.000000225. The molecule has 26 heteroatoms. The number of halogens is 1. The molecule has 18 nitrogen and oxygen atoms in total. The first-order chi connectivity index (χ1) is 62.8. The van der Waals surface area contributed by atoms with E-state index in [9.17, 15) is 14.7 Å². The minimum absolute atomic E-state index is 0. The minimum Gasteiger partial charge on any atom is -1.00 e. The molecule has 0 aliphatic rings. The Hall–Kier alpha value is 0.660. The van der Waals surface area contributed by atoms with Gasteiger partial charge in [-0.3, -0.25) is 9.59 Å². The predicted molar refractivity (Wildman–Crippen MR) is 604 cm³/mol. The van der Waals surface area contributed by atoms with Crippen LogP contribution in [0.4, 0.5) is 0 Å². The largest absolute Gasteiger partial charge is 1.00 e. The molecule has 0 fully saturated rings. The molecule has 0 bridgehead atoms. The summed E-state index contributed by atoms with van der Waals surface area (Å²) < 4.78 is 44.7. The van der Waals surface area contributed by atoms with E-state index in [4.69, 9.17) is 37.9 Å². The van der Waals surface area contributed by atoms with Crippen LogP contribution in [0.1, 0.15) is 309 Å². The zero-order valence-corrected chi connectivity index (χ0v) is 99.4. The number of ether oxygens (including phenoxy) is 8. The number of aliphatic hydroxyl groups excluding tert-OH is 1. The van der Waals surface area contributed by atoms with Gasteiger partial charge in [-0.2, -0.15) is 82.3 Å². The molecule has 0 aromatic heterocycles. The number of nitrogens with zero attached hydrogens (tertiary/aromatic N) is 6. The van der Waals surface area contributed by atoms with Crippen molar-refractivity contribution in [2.75, 3.05) is 277 Å². The van der Waals surface area contributed by atoms with E-state index in [2.05, 4.69) is 267 Å². The van der Waals surface area contributed by atoms with E-state index >= 15 is 0 Å². The maximum Gasteiger partial charge on any atom is 0.132 e. The van der Waals surface area contributed by atoms with Crippen LogP contribution in [0, 0.1) is 0 Å². The second-order valence-corrected chi connectivity index (χ2v) is 47.3. The molecule has 804 valence electrons. The van der Waals surface area contributed by atoms with E-state index in [1.807, 2.05) is 72.7 Å². The van der Waals surface area contributed by atoms with Gasteiger partial charge >= 0.3 is 0 Å². The van der Waals surface area contributed by atoms with Gasteiger partial charge in [0.1, 0.15) is 11.6 Å². The summed E-state index contributed by atoms with van der Waals surface area (Å²) in [7, 11) is 27.5. The quantitative estimate of drug-likeness (QED) is 0.0468. The van der Waals surface area contributed by atoms with Crippen LogP contribution in [-0.4, -0.2) is 378 Å². The molecule has 1 unspecified atom stereocenters. The number of thioether (sulfide) groups is 7. The van der Waals surface area contributed by atoms with Crippen LogP contribution in [0.5, 0.6) is 0 Å². The molecule has 0 amide bonds. The molecule has 1 rings (SSSR count). The first kappa shape index (κ1) is 149. The third kappa shape index (κ3) is 166. The first-order valence-electron chi connectivity index (χ1n) is 52.3. The van der Waals surface area contributed by atoms with Gasteiger partial charge in [-0.25, -0.2) is 0 Å². The first-order valence-corrected chi connectivity index (χ1v) is 60.3. The Kier molecular flexibility index (Phi) is 134. The molecule has 0 radical (unpaired) electrons. The number of aryl methyl sites for hydroxylation is 1. The van der Waals surface area contributed by atoms with Crippen LogP contribution in [0.2, 0.25) is 0 Å². The van der Waals surface area contributed by atoms with E-state index in [1.54, 1.807) is 11.8 Å². The summed E-state index contributed by atoms with van der Waals surface area (Å²) in [6, 6.07) is 10.7. The van der Waals surface area contributed by atoms with Gasteiger partial charge in [-0.1, -0.05) is 88.6 Å². The summed E-state index contributed by atoms with van der Waals surface area (Å²) in [5.74, 6) is 17.6. The number of nitrogens with one attached hydrogen (secondary N) is 1. The maximum atomic E-state index is 11.7. The molecule has 0 heterocycles. The lowest BCUT2D eigenvalue weighted by Crippen LogP contribution is -3.00. The fourth-order valence-electron chi connectivity index (χ4n) is 11.3. The molecule has 0 saturated carbocycles. The monoisotopic (exact) mass is 2040 g/mol. The van der Waals surface area contributed by atoms with E-state index in [0.29, 0.717) is 60.9 Å². The second-order valence-electron chi connectivity index (χ2n) is 38.8. The van der Waals surface area contributed by atoms with Crippen molar-refractivity contribution in [3.63, 3.8) is 0 Å². The number of unbranched alkanes of at least 4 members (excludes halogenated alkanes) is 11. The average Bonchev–Trinajstić information content (AvgIpc) is 0.988. The number of carbonyl (C=O) groups excluding carboxylic acids is 2. The van der Waals surface area contributed by atoms with Crippen LogP contribution in [-0.2, 0) is 53.9 Å². The number of hydrogen-bond acceptors (Lipinski definition) is 24. The standard InChI is InChI=1S/C18H37NO2S.C17H35NO2S.C15H32OS.C14H22OS.C11H26N2O.C11H26NO2S.C11H25NOS.C10H23NOS.ClH/c1-17(2)21-14-10-16-22-15-9-5-6-11-18(20)12-7-8-13-19(3)4;1-16(2)20-13-9-15-21-14-7-5-6-10-17(19)11-8-12-18(3)4;1-4-5-6-7-8-9-10-13-17-14-11-12-16-15(2)3;1-13(2)15-10-6-11-16-12-9-14-7-4-3-5-8-14;1-11(2)14-10-6-8-12-7-5-9-13(3)4;1-10(2)14-8-11(13)9-15-7-6-12(3,4)5;1-11(2)13-8-6-10-14-9-5-7-12(3)4;1-10(2)12-7-5-8-13-9-6-11(3)4;/h17H,5-16H2,1-4H3;16H,5-15H2,1-4H3;15H,4-14H2,1-3H3;3-5,7-8,13H,6,9-12H2,1-2H3;11-12H,5-10H2,1-4H3;10-11,13H,6-9H2,1-5H3;11H,5-10H2,1-4H3;10H,5-9H2,1-4H3;1H/q;;;;;+1;;;/p-1. The summed E-state index contributed by atoms with van der Waals surface area (Å²) in [4.78, 5) is 34.3. The van der Waals surface area contributed by atoms with Crippen LogP contribution in [0.25, 0.3) is 0 Å². The van der Waals surface area contributed by atoms with Crippen molar-refractivity contribution in [2.45, 2.75) is 365 Å². The number of rotatable bonds is 86. The fraction of sp³-hybridized carbons (Fsp3) is 0.925. The third-order valence-corrected chi connectivity index (χ3v) is 26.6. The predicted octanol–water partition coefficient (Wildman–Crippen LogP) is 21.6. The summed E-state index contributed by atoms with van der Waals surface area (Å²) >= 11 is 14.0. The lowest BCUT2D eigenvalue weighted by Gasteiger charge is -2.23. The second kappa shape index (κ2) is 120. The number of hydrogen-bond donors (Lipinski definition) is 2. The number of Topliss-reactive ketones (excluding diaryl/α,β-unsaturated/α-hetero) is 2. The van der Waals surface area contributed by atoms with Crippen molar-refractivity contribution in [1.82, 2.24) is 29.8 Å². The number of quaternary nitrogens is 1. The molecule has 2 N–H and O–H groups in total. The Bertz CT molecular complexity index is 2250. The Morgan fingerprint density at radius 2 is 0.602 bits per heavy atom. The normalized spacial score (nSPS) is 11.7. The van der Waals surface area contributed by atoms with Crippen LogP contribution >= 0.6 is 82.3 Å². The van der Waals surface area contributed by atoms with Crippen molar-refractivity contribution in [2.24, 2.45) is 0 Å². The van der Waals surface area contributed by atoms with Gasteiger partial charge in [0.05, 0.1) is 89.2 Å². The fourth-order valence-corrected chi connectivity index (χ4v) is 18.1. The molecule has 1 aromatic rings. The van der Waals surface area contributed by atoms with E-state index in [-0.39, 0.29) is 24.6 Å². The smallest absolute Gasteiger partial charge is 0.132 e. The highest BCUT2D eigenvalue weighted by Crippen LogP contribution is 2.17. The number of benzene rings is 1. The highest BCUT2D eigenvalue weighted by Gasteiger charge is 2.11. The maximum absolute atomic E-state index is 11.7. The number of ketones is 2. The van der Waals surface area contributed by atoms with Crippen molar-refractivity contribution in [3.05, 3.63) is 35.9 Å². The zero-order chi connectivity index (χ0) is 101. The van der Waals surface area contributed by atoms with Crippen LogP contribution in [0.15, 0.2) is 30.3 Å². The lowest BCUT2D eigenvalue weighted by molar-refractivity contribution is -0.867. The van der Waals surface area contributed by atoms with Gasteiger partial charge < -0.3 is 89.7 Å². The number of carbonyl (C=O) groups is 2. The number of aliphatic hydroxyl groups is 1. The van der Waals surface area contributed by atoms with Gasteiger partial charge in [0.2, 0.25) is 0 Å². The lowest BCUT2D eigenvalue weighted by atomic mass is 10.1. The van der Waals surface area contributed by atoms with Gasteiger partial charge in [0.25, 0.3) is 0 Å². The molecule has 0 spiro atoms. The Morgan fingerprint density at radius 3 is 0.962 bits per heavy atom. The van der Waals surface area contributed by atoms with Gasteiger partial charge in [-0.05, 0) is 405 Å². The van der Waals surface area contributed by atoms with Crippen molar-refractivity contribution in [1.29, 1.82) is 0 Å². The third-order valence-electron chi connectivity index (χ3n) is 18.8. The molecule has 0 aliphatic carbocycles. The summed E-state index contributed by atoms with van der Waals surface area (Å²) in [5, 5.41) is 13.0. The van der Waals surface area contributed by atoms with E-state index in [0.717, 1.165) is 185 Å². The minimum atomic E-state index is -0.329. The highest BCUT2D eigenvalue weighted by atomic mass is 35.5. The van der Waals surface area contributed by atoms with Crippen molar-refractivity contribution >= 4 is 93.9 Å². The van der Waals surface area contributed by atoms with E-state index in [1.165, 1.54) is 197 Å². The molecular formula is C107H226ClN7O11S7. The Morgan fingerprint density at radius 1 is 0.316 bits per heavy atom. The SMILES string of the molecule is CC(C)OCC(O)CSCC[N+](C)(C)C.CC(C)OCCCNCCCN(C)C.CC(C)OCCCSCCCCCC(=O)CCCCN(C)C.CC(C)OCCCSCCCCCC(=O)CCCN(C)C.CC(C)OCCCSCCCN(C)C.CC(C)OCCCSCCN(C)C.CC(C)OCCCSCCc1ccccc1.CCCCCCCCCSCCCOC(C)C.[Cl-]. The van der Waals surface area contributed by atoms with Crippen molar-refractivity contribution in [3.8, 4) is 0 Å². The average molecular weight is 2050 g/mol. The summed E-state index contributed by atoms with van der Waals surface area (Å²) in [6.45, 7) is 51.1. The molecule has 0 saturated heterocycles. The van der Waals surface area contributed by atoms with Crippen LogP contribution < -0.4 is 17.7 Å². The molecule has 1 aromatic carbocycles. The summed E-state index contributed by atoms with van der Waals surface area (Å²) in [5.41, 5.74) is 1.44. The molecule has 1 atom stereocenters. The van der Waals surface area contributed by atoms with Crippen LogP contribution in [0.3, 0.4) is 0 Å². The Labute approximate surface area is 865 Å². The zero-order valence-electron chi connectivity index (χ0n) is 93.0. The van der Waals surface area contributed by atoms with E-state index < -0.39 is 0 Å². The van der Waals surface area contributed by atoms with Gasteiger partial charge in [-0.15, -0.1) is 0 Å². The molecule has 133 heavy (non-hydrogen) atoms. The highest BCUT2D eigenvalue weighted by molar-refractivity contribution is 8.00. The van der Waals surface area contributed by atoms with Crippen molar-refractivity contribution < 1.29 is 69.5 Å². The topological polar surface area (TPSA) is 156 Å². The molecule has 0 aliphatic heterocycles. The van der Waals surface area contributed by atoms with Gasteiger partial charge in [0.15, 0.2) is 0 Å². The molecular weight excluding hydrogens is 1820 g/mol.